The van der Waals surface area contributed by atoms with Gasteiger partial charge in [-0.1, -0.05) is 6.07 Å². The second-order valence-corrected chi connectivity index (χ2v) is 9.49. The molecule has 0 saturated carbocycles. The third-order valence-corrected chi connectivity index (χ3v) is 6.50. The molecule has 1 heterocycles. The van der Waals surface area contributed by atoms with Crippen LogP contribution in [0.5, 0.6) is 5.75 Å². The molecule has 3 rings (SSSR count). The molecule has 9 heteroatoms. The maximum Gasteiger partial charge on any atom is 0.261 e. The highest BCUT2D eigenvalue weighted by molar-refractivity contribution is 9.10. The van der Waals surface area contributed by atoms with Crippen molar-refractivity contribution in [1.29, 1.82) is 0 Å². The summed E-state index contributed by atoms with van der Waals surface area (Å²) in [5.41, 5.74) is 0.704. The molecule has 1 N–H and O–H groups in total. The SMILES string of the molecule is COc1ccc(NS(=O)(=O)c2cccc(C(=O)N3CC(C)OC(C)C3)c2)cc1Br. The second kappa shape index (κ2) is 8.73. The summed E-state index contributed by atoms with van der Waals surface area (Å²) < 4.78 is 39.6. The van der Waals surface area contributed by atoms with E-state index in [1.165, 1.54) is 19.2 Å². The van der Waals surface area contributed by atoms with E-state index in [1.807, 2.05) is 13.8 Å². The number of sulfonamides is 1. The maximum atomic E-state index is 12.9. The molecule has 1 saturated heterocycles. The van der Waals surface area contributed by atoms with Gasteiger partial charge in [0.2, 0.25) is 0 Å². The predicted octanol–water partition coefficient (Wildman–Crippen LogP) is 3.51. The normalized spacial score (nSPS) is 19.7. The van der Waals surface area contributed by atoms with Gasteiger partial charge in [-0.05, 0) is 66.2 Å². The van der Waals surface area contributed by atoms with Crippen LogP contribution in [-0.2, 0) is 14.8 Å². The van der Waals surface area contributed by atoms with Crippen molar-refractivity contribution < 1.29 is 22.7 Å². The first-order chi connectivity index (χ1) is 13.7. The molecule has 1 aliphatic heterocycles. The van der Waals surface area contributed by atoms with Gasteiger partial charge in [-0.2, -0.15) is 0 Å². The fraction of sp³-hybridized carbons (Fsp3) is 0.350. The van der Waals surface area contributed by atoms with Gasteiger partial charge >= 0.3 is 0 Å². The molecule has 2 atom stereocenters. The molecule has 1 amide bonds. The number of methoxy groups -OCH3 is 1. The number of halogens is 1. The average molecular weight is 483 g/mol. The van der Waals surface area contributed by atoms with E-state index in [2.05, 4.69) is 20.7 Å². The van der Waals surface area contributed by atoms with E-state index in [0.29, 0.717) is 34.6 Å². The lowest BCUT2D eigenvalue weighted by Crippen LogP contribution is -2.48. The number of amides is 1. The number of morpholine rings is 1. The number of anilines is 1. The number of rotatable bonds is 5. The number of hydrogen-bond donors (Lipinski definition) is 1. The van der Waals surface area contributed by atoms with Crippen molar-refractivity contribution in [2.75, 3.05) is 24.9 Å². The first kappa shape index (κ1) is 21.6. The topological polar surface area (TPSA) is 84.9 Å². The summed E-state index contributed by atoms with van der Waals surface area (Å²) in [5.74, 6) is 0.380. The van der Waals surface area contributed by atoms with Gasteiger partial charge in [0, 0.05) is 18.7 Å². The zero-order valence-corrected chi connectivity index (χ0v) is 18.8. The Morgan fingerprint density at radius 2 is 1.86 bits per heavy atom. The Morgan fingerprint density at radius 3 is 2.48 bits per heavy atom. The summed E-state index contributed by atoms with van der Waals surface area (Å²) in [6, 6.07) is 10.9. The van der Waals surface area contributed by atoms with Crippen LogP contribution >= 0.6 is 15.9 Å². The van der Waals surface area contributed by atoms with E-state index in [0.717, 1.165) is 0 Å². The van der Waals surface area contributed by atoms with Crippen LogP contribution in [0.4, 0.5) is 5.69 Å². The highest BCUT2D eigenvalue weighted by Crippen LogP contribution is 2.29. The van der Waals surface area contributed by atoms with Gasteiger partial charge < -0.3 is 14.4 Å². The van der Waals surface area contributed by atoms with Crippen molar-refractivity contribution in [2.24, 2.45) is 0 Å². The number of benzene rings is 2. The average Bonchev–Trinajstić information content (AvgIpc) is 2.66. The number of carbonyl (C=O) groups excluding carboxylic acids is 1. The van der Waals surface area contributed by atoms with Crippen molar-refractivity contribution in [2.45, 2.75) is 31.0 Å². The Bertz CT molecular complexity index is 1000. The van der Waals surface area contributed by atoms with Gasteiger partial charge in [0.1, 0.15) is 5.75 Å². The van der Waals surface area contributed by atoms with Gasteiger partial charge in [-0.15, -0.1) is 0 Å². The van der Waals surface area contributed by atoms with Gasteiger partial charge in [-0.25, -0.2) is 8.42 Å². The second-order valence-electron chi connectivity index (χ2n) is 6.95. The van der Waals surface area contributed by atoms with E-state index < -0.39 is 10.0 Å². The fourth-order valence-corrected chi connectivity index (χ4v) is 4.90. The molecule has 1 fully saturated rings. The third-order valence-electron chi connectivity index (χ3n) is 4.50. The lowest BCUT2D eigenvalue weighted by molar-refractivity contribution is -0.0586. The summed E-state index contributed by atoms with van der Waals surface area (Å²) in [6.07, 6.45) is -0.130. The molecule has 7 nitrogen and oxygen atoms in total. The molecule has 1 aliphatic rings. The molecule has 2 unspecified atom stereocenters. The molecule has 0 aromatic heterocycles. The Morgan fingerprint density at radius 1 is 1.17 bits per heavy atom. The van der Waals surface area contributed by atoms with Crippen LogP contribution in [0.3, 0.4) is 0 Å². The minimum Gasteiger partial charge on any atom is -0.496 e. The quantitative estimate of drug-likeness (QED) is 0.704. The summed E-state index contributed by atoms with van der Waals surface area (Å²) in [7, 11) is -2.33. The maximum absolute atomic E-state index is 12.9. The first-order valence-corrected chi connectivity index (χ1v) is 11.4. The number of ether oxygens (including phenoxy) is 2. The summed E-state index contributed by atoms with van der Waals surface area (Å²) in [4.78, 5) is 14.6. The molecule has 29 heavy (non-hydrogen) atoms. The predicted molar refractivity (Wildman–Crippen MR) is 114 cm³/mol. The Kier molecular flexibility index (Phi) is 6.50. The Balaban J connectivity index is 1.82. The first-order valence-electron chi connectivity index (χ1n) is 9.11. The molecule has 2 aromatic rings. The van der Waals surface area contributed by atoms with E-state index in [1.54, 1.807) is 35.2 Å². The number of hydrogen-bond acceptors (Lipinski definition) is 5. The largest absolute Gasteiger partial charge is 0.496 e. The molecule has 0 bridgehead atoms. The molecule has 156 valence electrons. The van der Waals surface area contributed by atoms with Crippen LogP contribution in [0.1, 0.15) is 24.2 Å². The van der Waals surface area contributed by atoms with Crippen molar-refractivity contribution in [3.63, 3.8) is 0 Å². The zero-order valence-electron chi connectivity index (χ0n) is 16.4. The number of nitrogens with one attached hydrogen (secondary N) is 1. The molecule has 0 aliphatic carbocycles. The zero-order chi connectivity index (χ0) is 21.2. The minimum absolute atomic E-state index is 0.0182. The van der Waals surface area contributed by atoms with E-state index >= 15 is 0 Å². The van der Waals surface area contributed by atoms with E-state index in [4.69, 9.17) is 9.47 Å². The Hall–Kier alpha value is -2.10. The number of carbonyl (C=O) groups is 1. The van der Waals surface area contributed by atoms with E-state index in [9.17, 15) is 13.2 Å². The van der Waals surface area contributed by atoms with Gasteiger partial charge in [0.05, 0.1) is 34.4 Å². The lowest BCUT2D eigenvalue weighted by atomic mass is 10.1. The summed E-state index contributed by atoms with van der Waals surface area (Å²) in [6.45, 7) is 4.76. The van der Waals surface area contributed by atoms with Crippen LogP contribution in [0.25, 0.3) is 0 Å². The van der Waals surface area contributed by atoms with Gasteiger partial charge in [0.25, 0.3) is 15.9 Å². The lowest BCUT2D eigenvalue weighted by Gasteiger charge is -2.35. The minimum atomic E-state index is -3.87. The fourth-order valence-electron chi connectivity index (χ4n) is 3.27. The molecule has 2 aromatic carbocycles. The van der Waals surface area contributed by atoms with Crippen molar-refractivity contribution in [3.05, 3.63) is 52.5 Å². The van der Waals surface area contributed by atoms with Crippen LogP contribution in [0, 0.1) is 0 Å². The summed E-state index contributed by atoms with van der Waals surface area (Å²) >= 11 is 3.34. The van der Waals surface area contributed by atoms with E-state index in [-0.39, 0.29) is 23.0 Å². The van der Waals surface area contributed by atoms with Crippen molar-refractivity contribution in [3.8, 4) is 5.75 Å². The molecular weight excluding hydrogens is 460 g/mol. The smallest absolute Gasteiger partial charge is 0.261 e. The molecule has 0 spiro atoms. The summed E-state index contributed by atoms with van der Waals surface area (Å²) in [5, 5.41) is 0. The van der Waals surface area contributed by atoms with Crippen LogP contribution < -0.4 is 9.46 Å². The number of nitrogens with zero attached hydrogens (tertiary/aromatic N) is 1. The standard InChI is InChI=1S/C20H23BrN2O5S/c1-13-11-23(12-14(2)28-13)20(24)15-5-4-6-17(9-15)29(25,26)22-16-7-8-19(27-3)18(21)10-16/h4-10,13-14,22H,11-12H2,1-3H3. The van der Waals surface area contributed by atoms with Crippen LogP contribution in [0.15, 0.2) is 51.8 Å². The van der Waals surface area contributed by atoms with Crippen LogP contribution in [0.2, 0.25) is 0 Å². The van der Waals surface area contributed by atoms with Gasteiger partial charge in [-0.3, -0.25) is 9.52 Å². The molecular formula is C20H23BrN2O5S. The van der Waals surface area contributed by atoms with Crippen LogP contribution in [-0.4, -0.2) is 51.6 Å². The van der Waals surface area contributed by atoms with Gasteiger partial charge in [0.15, 0.2) is 0 Å². The highest BCUT2D eigenvalue weighted by atomic mass is 79.9. The molecule has 0 radical (unpaired) electrons. The highest BCUT2D eigenvalue weighted by Gasteiger charge is 2.27. The monoisotopic (exact) mass is 482 g/mol. The Labute approximate surface area is 179 Å². The van der Waals surface area contributed by atoms with Crippen molar-refractivity contribution >= 4 is 37.5 Å². The third kappa shape index (κ3) is 5.09. The van der Waals surface area contributed by atoms with Crippen molar-refractivity contribution in [1.82, 2.24) is 4.90 Å².